The lowest BCUT2D eigenvalue weighted by molar-refractivity contribution is -0.130. The van der Waals surface area contributed by atoms with Crippen molar-refractivity contribution in [2.75, 3.05) is 13.2 Å². The van der Waals surface area contributed by atoms with Crippen molar-refractivity contribution in [2.24, 2.45) is 0 Å². The van der Waals surface area contributed by atoms with Gasteiger partial charge in [0.1, 0.15) is 0 Å². The van der Waals surface area contributed by atoms with E-state index in [1.54, 1.807) is 30.9 Å². The Morgan fingerprint density at radius 3 is 2.54 bits per heavy atom. The van der Waals surface area contributed by atoms with Crippen LogP contribution in [-0.4, -0.2) is 47.8 Å². The van der Waals surface area contributed by atoms with Crippen LogP contribution >= 0.6 is 0 Å². The number of halogens is 2. The molecule has 24 heavy (non-hydrogen) atoms. The van der Waals surface area contributed by atoms with E-state index in [0.717, 1.165) is 5.56 Å². The number of nitrogens with zero attached hydrogens (tertiary/aromatic N) is 1. The third kappa shape index (κ3) is 4.35. The summed E-state index contributed by atoms with van der Waals surface area (Å²) >= 11 is 0. The molecule has 0 spiro atoms. The number of likely N-dealkylation sites (tertiary alicyclic amines) is 1. The molecule has 2 atom stereocenters. The Labute approximate surface area is 140 Å². The van der Waals surface area contributed by atoms with E-state index in [2.05, 4.69) is 4.74 Å². The zero-order valence-electron chi connectivity index (χ0n) is 14.0. The molecule has 1 N–H and O–H groups in total. The Bertz CT molecular complexity index is 580. The largest absolute Gasteiger partial charge is 0.487 e. The van der Waals surface area contributed by atoms with E-state index in [1.165, 1.54) is 13.0 Å². The van der Waals surface area contributed by atoms with Crippen LogP contribution in [-0.2, 0) is 4.79 Å². The van der Waals surface area contributed by atoms with Gasteiger partial charge in [-0.15, -0.1) is 0 Å². The molecule has 1 amide bonds. The normalized spacial score (nSPS) is 20.8. The van der Waals surface area contributed by atoms with Gasteiger partial charge in [-0.25, -0.2) is 0 Å². The Morgan fingerprint density at radius 2 is 2.04 bits per heavy atom. The molecule has 134 valence electrons. The van der Waals surface area contributed by atoms with Gasteiger partial charge in [-0.05, 0) is 38.0 Å². The van der Waals surface area contributed by atoms with E-state index in [-0.39, 0.29) is 42.1 Å². The number of rotatable bonds is 6. The highest BCUT2D eigenvalue weighted by Crippen LogP contribution is 2.37. The fraction of sp³-hybridized carbons (Fsp3) is 0.588. The highest BCUT2D eigenvalue weighted by atomic mass is 19.3. The van der Waals surface area contributed by atoms with Crippen LogP contribution in [0, 0.1) is 0 Å². The second-order valence-corrected chi connectivity index (χ2v) is 6.19. The molecule has 1 aromatic rings. The van der Waals surface area contributed by atoms with Gasteiger partial charge < -0.3 is 19.5 Å². The molecule has 0 radical (unpaired) electrons. The van der Waals surface area contributed by atoms with Crippen molar-refractivity contribution < 1.29 is 28.2 Å². The van der Waals surface area contributed by atoms with Crippen LogP contribution in [0.2, 0.25) is 0 Å². The smallest absolute Gasteiger partial charge is 0.387 e. The number of hydrogen-bond acceptors (Lipinski definition) is 4. The molecule has 5 nitrogen and oxygen atoms in total. The van der Waals surface area contributed by atoms with E-state index in [9.17, 15) is 18.7 Å². The lowest BCUT2D eigenvalue weighted by Crippen LogP contribution is -2.35. The second kappa shape index (κ2) is 7.79. The van der Waals surface area contributed by atoms with Gasteiger partial charge in [0, 0.05) is 19.4 Å². The van der Waals surface area contributed by atoms with Crippen molar-refractivity contribution in [3.8, 4) is 11.5 Å². The first-order valence-electron chi connectivity index (χ1n) is 7.95. The van der Waals surface area contributed by atoms with Gasteiger partial charge in [0.25, 0.3) is 0 Å². The van der Waals surface area contributed by atoms with Gasteiger partial charge in [-0.3, -0.25) is 4.79 Å². The van der Waals surface area contributed by atoms with Crippen LogP contribution in [0.3, 0.4) is 0 Å². The Kier molecular flexibility index (Phi) is 5.99. The van der Waals surface area contributed by atoms with Crippen molar-refractivity contribution in [3.63, 3.8) is 0 Å². The molecule has 2 rings (SSSR count). The summed E-state index contributed by atoms with van der Waals surface area (Å²) in [5.74, 6) is 0.168. The number of benzene rings is 1. The summed E-state index contributed by atoms with van der Waals surface area (Å²) < 4.78 is 35.1. The maximum atomic E-state index is 12.5. The Hall–Kier alpha value is -1.89. The predicted molar refractivity (Wildman–Crippen MR) is 84.5 cm³/mol. The molecule has 1 saturated heterocycles. The standard InChI is InChI=1S/C17H23F2NO4/c1-10(2)23-16-7-12(4-5-15(16)24-17(18)19)13-6-14(9-21)20(8-13)11(3)22/h4-5,7,10,13-14,17,21H,6,8-9H2,1-3H3/t13?,14-/m1/s1. The van der Waals surface area contributed by atoms with Crippen LogP contribution in [0.25, 0.3) is 0 Å². The zero-order chi connectivity index (χ0) is 17.9. The number of carbonyl (C=O) groups excluding carboxylic acids is 1. The fourth-order valence-electron chi connectivity index (χ4n) is 3.03. The minimum Gasteiger partial charge on any atom is -0.487 e. The summed E-state index contributed by atoms with van der Waals surface area (Å²) in [7, 11) is 0. The predicted octanol–water partition coefficient (Wildman–Crippen LogP) is 2.77. The molecule has 7 heteroatoms. The monoisotopic (exact) mass is 343 g/mol. The maximum absolute atomic E-state index is 12.5. The van der Waals surface area contributed by atoms with Crippen molar-refractivity contribution in [2.45, 2.75) is 51.9 Å². The first-order valence-corrected chi connectivity index (χ1v) is 7.95. The summed E-state index contributed by atoms with van der Waals surface area (Å²) in [6.45, 7) is 2.53. The molecule has 1 fully saturated rings. The zero-order valence-corrected chi connectivity index (χ0v) is 14.0. The summed E-state index contributed by atoms with van der Waals surface area (Å²) in [4.78, 5) is 13.3. The molecule has 1 aliphatic heterocycles. The van der Waals surface area contributed by atoms with Crippen LogP contribution in [0.15, 0.2) is 18.2 Å². The maximum Gasteiger partial charge on any atom is 0.387 e. The van der Waals surface area contributed by atoms with Gasteiger partial charge in [0.2, 0.25) is 5.91 Å². The Balaban J connectivity index is 2.26. The molecule has 1 aliphatic rings. The van der Waals surface area contributed by atoms with Gasteiger partial charge in [0.15, 0.2) is 11.5 Å². The van der Waals surface area contributed by atoms with E-state index >= 15 is 0 Å². The summed E-state index contributed by atoms with van der Waals surface area (Å²) in [6.07, 6.45) is 0.425. The average molecular weight is 343 g/mol. The fourth-order valence-corrected chi connectivity index (χ4v) is 3.03. The third-order valence-corrected chi connectivity index (χ3v) is 4.05. The van der Waals surface area contributed by atoms with Gasteiger partial charge in [-0.2, -0.15) is 8.78 Å². The minimum absolute atomic E-state index is 0.0115. The van der Waals surface area contributed by atoms with E-state index in [1.807, 2.05) is 0 Å². The number of hydrogen-bond donors (Lipinski definition) is 1. The Morgan fingerprint density at radius 1 is 1.33 bits per heavy atom. The molecular weight excluding hydrogens is 320 g/mol. The van der Waals surface area contributed by atoms with Crippen LogP contribution < -0.4 is 9.47 Å². The highest BCUT2D eigenvalue weighted by molar-refractivity contribution is 5.74. The molecule has 0 aliphatic carbocycles. The number of ether oxygens (including phenoxy) is 2. The molecule has 1 heterocycles. The van der Waals surface area contributed by atoms with Gasteiger partial charge >= 0.3 is 6.61 Å². The average Bonchev–Trinajstić information content (AvgIpc) is 2.92. The molecule has 0 saturated carbocycles. The topological polar surface area (TPSA) is 59.0 Å². The van der Waals surface area contributed by atoms with Crippen LogP contribution in [0.4, 0.5) is 8.78 Å². The number of amides is 1. The van der Waals surface area contributed by atoms with Crippen molar-refractivity contribution >= 4 is 5.91 Å². The molecule has 1 aromatic carbocycles. The summed E-state index contributed by atoms with van der Waals surface area (Å²) in [5.41, 5.74) is 0.870. The van der Waals surface area contributed by atoms with Crippen molar-refractivity contribution in [3.05, 3.63) is 23.8 Å². The van der Waals surface area contributed by atoms with Crippen LogP contribution in [0.1, 0.15) is 38.7 Å². The lowest BCUT2D eigenvalue weighted by atomic mass is 9.96. The SMILES string of the molecule is CC(=O)N1CC(c2ccc(OC(F)F)c(OC(C)C)c2)C[C@@H]1CO. The second-order valence-electron chi connectivity index (χ2n) is 6.19. The molecule has 1 unspecified atom stereocenters. The van der Waals surface area contributed by atoms with Gasteiger partial charge in [0.05, 0.1) is 18.8 Å². The first kappa shape index (κ1) is 18.4. The lowest BCUT2D eigenvalue weighted by Gasteiger charge is -2.20. The highest BCUT2D eigenvalue weighted by Gasteiger charge is 2.34. The quantitative estimate of drug-likeness (QED) is 0.863. The first-order chi connectivity index (χ1) is 11.3. The number of aliphatic hydroxyl groups excluding tert-OH is 1. The van der Waals surface area contributed by atoms with Crippen molar-refractivity contribution in [1.82, 2.24) is 4.90 Å². The number of carbonyl (C=O) groups is 1. The van der Waals surface area contributed by atoms with E-state index in [0.29, 0.717) is 13.0 Å². The van der Waals surface area contributed by atoms with E-state index < -0.39 is 6.61 Å². The van der Waals surface area contributed by atoms with Crippen LogP contribution in [0.5, 0.6) is 11.5 Å². The number of alkyl halides is 2. The molecular formula is C17H23F2NO4. The summed E-state index contributed by atoms with van der Waals surface area (Å²) in [5, 5.41) is 9.44. The summed E-state index contributed by atoms with van der Waals surface area (Å²) in [6, 6.07) is 4.62. The van der Waals surface area contributed by atoms with Crippen molar-refractivity contribution in [1.29, 1.82) is 0 Å². The van der Waals surface area contributed by atoms with Gasteiger partial charge in [-0.1, -0.05) is 6.07 Å². The number of aliphatic hydroxyl groups is 1. The third-order valence-electron chi connectivity index (χ3n) is 4.05. The minimum atomic E-state index is -2.93. The molecule has 0 aromatic heterocycles. The van der Waals surface area contributed by atoms with E-state index in [4.69, 9.17) is 4.74 Å². The molecule has 0 bridgehead atoms.